The van der Waals surface area contributed by atoms with E-state index in [1.165, 1.54) is 12.1 Å². The van der Waals surface area contributed by atoms with Gasteiger partial charge in [-0.15, -0.1) is 0 Å². The van der Waals surface area contributed by atoms with Crippen LogP contribution in [0.1, 0.15) is 0 Å². The van der Waals surface area contributed by atoms with Crippen LogP contribution < -0.4 is 0 Å². The molecule has 0 bridgehead atoms. The minimum atomic E-state index is -0.454. The van der Waals surface area contributed by atoms with E-state index in [0.29, 0.717) is 17.2 Å². The predicted octanol–water partition coefficient (Wildman–Crippen LogP) is 3.93. The van der Waals surface area contributed by atoms with Gasteiger partial charge in [0.1, 0.15) is 5.82 Å². The maximum Gasteiger partial charge on any atom is 0.181 e. The van der Waals surface area contributed by atoms with Gasteiger partial charge in [-0.2, -0.15) is 5.10 Å². The van der Waals surface area contributed by atoms with Crippen LogP contribution in [0.2, 0.25) is 5.02 Å². The number of nitrogens with zero attached hydrogens (tertiary/aromatic N) is 2. The Hall–Kier alpha value is -2.20. The number of nitrogens with one attached hydrogen (secondary N) is 1. The summed E-state index contributed by atoms with van der Waals surface area (Å²) in [6, 6.07) is 14.0. The summed E-state index contributed by atoms with van der Waals surface area (Å²) in [7, 11) is 0. The van der Waals surface area contributed by atoms with E-state index < -0.39 is 5.82 Å². The Morgan fingerprint density at radius 1 is 1.00 bits per heavy atom. The fourth-order valence-corrected chi connectivity index (χ4v) is 1.93. The summed E-state index contributed by atoms with van der Waals surface area (Å²) in [6.07, 6.45) is 0. The maximum absolute atomic E-state index is 13.1. The second kappa shape index (κ2) is 4.82. The molecule has 0 saturated heterocycles. The Morgan fingerprint density at radius 3 is 2.53 bits per heavy atom. The van der Waals surface area contributed by atoms with Crippen LogP contribution in [0.5, 0.6) is 0 Å². The second-order valence-electron chi connectivity index (χ2n) is 4.00. The minimum Gasteiger partial charge on any atom is -0.259 e. The molecule has 0 aliphatic rings. The number of H-pyrrole nitrogens is 1. The SMILES string of the molecule is Fc1ccc(-c2n[nH]c(-c3ccccc3)n2)cc1Cl. The molecular weight excluding hydrogens is 265 g/mol. The van der Waals surface area contributed by atoms with Crippen LogP contribution in [0.25, 0.3) is 22.8 Å². The van der Waals surface area contributed by atoms with Gasteiger partial charge in [0.2, 0.25) is 0 Å². The highest BCUT2D eigenvalue weighted by molar-refractivity contribution is 6.31. The van der Waals surface area contributed by atoms with E-state index in [0.717, 1.165) is 5.56 Å². The summed E-state index contributed by atoms with van der Waals surface area (Å²) >= 11 is 5.75. The maximum atomic E-state index is 13.1. The Balaban J connectivity index is 1.99. The molecule has 3 nitrogen and oxygen atoms in total. The van der Waals surface area contributed by atoms with Gasteiger partial charge in [-0.3, -0.25) is 5.10 Å². The minimum absolute atomic E-state index is 0.0589. The number of rotatable bonds is 2. The first-order chi connectivity index (χ1) is 9.24. The van der Waals surface area contributed by atoms with E-state index >= 15 is 0 Å². The summed E-state index contributed by atoms with van der Waals surface area (Å²) in [5, 5.41) is 7.03. The van der Waals surface area contributed by atoms with Crippen molar-refractivity contribution in [1.29, 1.82) is 0 Å². The van der Waals surface area contributed by atoms with E-state index in [9.17, 15) is 4.39 Å². The quantitative estimate of drug-likeness (QED) is 0.768. The van der Waals surface area contributed by atoms with E-state index in [4.69, 9.17) is 11.6 Å². The van der Waals surface area contributed by atoms with Crippen molar-refractivity contribution in [2.24, 2.45) is 0 Å². The van der Waals surface area contributed by atoms with Gasteiger partial charge >= 0.3 is 0 Å². The average Bonchev–Trinajstić information content (AvgIpc) is 2.93. The van der Waals surface area contributed by atoms with Crippen LogP contribution in [0.4, 0.5) is 4.39 Å². The fraction of sp³-hybridized carbons (Fsp3) is 0. The highest BCUT2D eigenvalue weighted by Gasteiger charge is 2.09. The smallest absolute Gasteiger partial charge is 0.181 e. The molecule has 0 fully saturated rings. The molecule has 0 atom stereocenters. The van der Waals surface area contributed by atoms with E-state index in [1.807, 2.05) is 30.3 Å². The van der Waals surface area contributed by atoms with Crippen LogP contribution in [-0.4, -0.2) is 15.2 Å². The third-order valence-electron chi connectivity index (χ3n) is 2.71. The third-order valence-corrected chi connectivity index (χ3v) is 3.00. The Morgan fingerprint density at radius 2 is 1.79 bits per heavy atom. The monoisotopic (exact) mass is 273 g/mol. The summed E-state index contributed by atoms with van der Waals surface area (Å²) in [5.74, 6) is 0.695. The van der Waals surface area contributed by atoms with Crippen molar-refractivity contribution in [3.63, 3.8) is 0 Å². The van der Waals surface area contributed by atoms with Gasteiger partial charge in [0, 0.05) is 11.1 Å². The third kappa shape index (κ3) is 2.35. The Kier molecular flexibility index (Phi) is 3.01. The van der Waals surface area contributed by atoms with Gasteiger partial charge < -0.3 is 0 Å². The van der Waals surface area contributed by atoms with Crippen molar-refractivity contribution < 1.29 is 4.39 Å². The zero-order valence-corrected chi connectivity index (χ0v) is 10.5. The number of aromatic amines is 1. The standard InChI is InChI=1S/C14H9ClFN3/c15-11-8-10(6-7-12(11)16)14-17-13(18-19-14)9-4-2-1-3-5-9/h1-8H,(H,17,18,19). The lowest BCUT2D eigenvalue weighted by Gasteiger charge is -1.97. The second-order valence-corrected chi connectivity index (χ2v) is 4.41. The van der Waals surface area contributed by atoms with Crippen molar-refractivity contribution in [3.05, 3.63) is 59.4 Å². The molecule has 0 spiro atoms. The molecule has 3 aromatic rings. The Labute approximate surface area is 114 Å². The molecule has 1 aromatic heterocycles. The molecule has 0 unspecified atom stereocenters. The molecule has 5 heteroatoms. The van der Waals surface area contributed by atoms with Crippen molar-refractivity contribution in [2.45, 2.75) is 0 Å². The topological polar surface area (TPSA) is 41.6 Å². The molecule has 2 aromatic carbocycles. The van der Waals surface area contributed by atoms with Gasteiger partial charge in [-0.1, -0.05) is 41.9 Å². The lowest BCUT2D eigenvalue weighted by atomic mass is 10.2. The molecular formula is C14H9ClFN3. The van der Waals surface area contributed by atoms with Crippen LogP contribution in [0.15, 0.2) is 48.5 Å². The molecule has 0 radical (unpaired) electrons. The average molecular weight is 274 g/mol. The van der Waals surface area contributed by atoms with Crippen LogP contribution in [-0.2, 0) is 0 Å². The largest absolute Gasteiger partial charge is 0.259 e. The molecule has 3 rings (SSSR count). The number of hydrogen-bond donors (Lipinski definition) is 1. The van der Waals surface area contributed by atoms with Crippen LogP contribution >= 0.6 is 11.6 Å². The van der Waals surface area contributed by atoms with Crippen molar-refractivity contribution in [1.82, 2.24) is 15.2 Å². The summed E-state index contributed by atoms with van der Waals surface area (Å²) in [6.45, 7) is 0. The lowest BCUT2D eigenvalue weighted by Crippen LogP contribution is -1.83. The Bertz CT molecular complexity index is 710. The number of aromatic nitrogens is 3. The van der Waals surface area contributed by atoms with E-state index in [2.05, 4.69) is 15.2 Å². The molecule has 0 amide bonds. The number of hydrogen-bond acceptors (Lipinski definition) is 2. The molecule has 94 valence electrons. The van der Waals surface area contributed by atoms with Gasteiger partial charge in [0.25, 0.3) is 0 Å². The molecule has 0 saturated carbocycles. The van der Waals surface area contributed by atoms with E-state index in [1.54, 1.807) is 6.07 Å². The zero-order chi connectivity index (χ0) is 13.2. The lowest BCUT2D eigenvalue weighted by molar-refractivity contribution is 0.628. The first-order valence-corrected chi connectivity index (χ1v) is 6.05. The molecule has 0 aliphatic carbocycles. The summed E-state index contributed by atoms with van der Waals surface area (Å²) in [5.41, 5.74) is 1.61. The first kappa shape index (κ1) is 11.9. The normalized spacial score (nSPS) is 10.6. The van der Waals surface area contributed by atoms with Crippen LogP contribution in [0.3, 0.4) is 0 Å². The predicted molar refractivity (Wildman–Crippen MR) is 72.2 cm³/mol. The van der Waals surface area contributed by atoms with Crippen LogP contribution in [0, 0.1) is 5.82 Å². The molecule has 0 aliphatic heterocycles. The summed E-state index contributed by atoms with van der Waals surface area (Å²) < 4.78 is 13.1. The molecule has 1 N–H and O–H groups in total. The number of halogens is 2. The molecule has 19 heavy (non-hydrogen) atoms. The highest BCUT2D eigenvalue weighted by atomic mass is 35.5. The van der Waals surface area contributed by atoms with Gasteiger partial charge in [-0.05, 0) is 18.2 Å². The van der Waals surface area contributed by atoms with Crippen molar-refractivity contribution in [3.8, 4) is 22.8 Å². The van der Waals surface area contributed by atoms with Gasteiger partial charge in [0.05, 0.1) is 5.02 Å². The zero-order valence-electron chi connectivity index (χ0n) is 9.77. The molecule has 1 heterocycles. The van der Waals surface area contributed by atoms with Crippen molar-refractivity contribution in [2.75, 3.05) is 0 Å². The van der Waals surface area contributed by atoms with Gasteiger partial charge in [-0.25, -0.2) is 9.37 Å². The summed E-state index contributed by atoms with van der Waals surface area (Å²) in [4.78, 5) is 4.37. The first-order valence-electron chi connectivity index (χ1n) is 5.67. The fourth-order valence-electron chi connectivity index (χ4n) is 1.75. The number of benzene rings is 2. The highest BCUT2D eigenvalue weighted by Crippen LogP contribution is 2.24. The van der Waals surface area contributed by atoms with Crippen molar-refractivity contribution >= 4 is 11.6 Å². The van der Waals surface area contributed by atoms with Gasteiger partial charge in [0.15, 0.2) is 11.6 Å². The van der Waals surface area contributed by atoms with E-state index in [-0.39, 0.29) is 5.02 Å².